The van der Waals surface area contributed by atoms with Crippen LogP contribution >= 0.6 is 0 Å². The number of carbonyl (C=O) groups excluding carboxylic acids is 2. The van der Waals surface area contributed by atoms with E-state index in [2.05, 4.69) is 10.6 Å². The highest BCUT2D eigenvalue weighted by atomic mass is 19.1. The Bertz CT molecular complexity index is 994. The number of primary amides is 1. The van der Waals surface area contributed by atoms with Crippen molar-refractivity contribution >= 4 is 17.6 Å². The number of benzene rings is 3. The Kier molecular flexibility index (Phi) is 7.00. The topological polar surface area (TPSA) is 93.5 Å². The summed E-state index contributed by atoms with van der Waals surface area (Å²) in [5.74, 6) is -0.0247. The zero-order valence-electron chi connectivity index (χ0n) is 16.2. The number of hydrogen-bond acceptors (Lipinski definition) is 3. The molecule has 4 N–H and O–H groups in total. The van der Waals surface area contributed by atoms with Crippen LogP contribution in [0.2, 0.25) is 0 Å². The molecule has 7 heteroatoms. The lowest BCUT2D eigenvalue weighted by Crippen LogP contribution is -2.35. The molecule has 0 saturated carbocycles. The quantitative estimate of drug-likeness (QED) is 0.524. The Labute approximate surface area is 173 Å². The number of urea groups is 1. The fourth-order valence-corrected chi connectivity index (χ4v) is 2.92. The number of hydrogen-bond donors (Lipinski definition) is 3. The van der Waals surface area contributed by atoms with Crippen molar-refractivity contribution in [3.05, 3.63) is 95.8 Å². The van der Waals surface area contributed by atoms with Gasteiger partial charge in [0.1, 0.15) is 18.2 Å². The lowest BCUT2D eigenvalue weighted by molar-refractivity contribution is -0.116. The average Bonchev–Trinajstić information content (AvgIpc) is 2.73. The van der Waals surface area contributed by atoms with Crippen molar-refractivity contribution in [1.29, 1.82) is 0 Å². The predicted molar refractivity (Wildman–Crippen MR) is 112 cm³/mol. The van der Waals surface area contributed by atoms with Crippen LogP contribution in [0.1, 0.15) is 23.6 Å². The van der Waals surface area contributed by atoms with Gasteiger partial charge in [-0.25, -0.2) is 9.18 Å². The highest BCUT2D eigenvalue weighted by Crippen LogP contribution is 2.21. The molecular weight excluding hydrogens is 385 g/mol. The zero-order valence-corrected chi connectivity index (χ0v) is 16.2. The van der Waals surface area contributed by atoms with E-state index in [-0.39, 0.29) is 24.8 Å². The van der Waals surface area contributed by atoms with Crippen LogP contribution in [0.3, 0.4) is 0 Å². The molecule has 0 radical (unpaired) electrons. The average molecular weight is 407 g/mol. The van der Waals surface area contributed by atoms with E-state index in [0.717, 1.165) is 11.1 Å². The Balaban J connectivity index is 1.60. The number of nitrogens with two attached hydrogens (primary N) is 1. The SMILES string of the molecule is NC(=O)NC(CC(=O)Nc1cccc(OCc2ccc(F)cc2)c1)c1ccccc1. The third kappa shape index (κ3) is 6.34. The minimum atomic E-state index is -0.701. The maximum absolute atomic E-state index is 13.0. The second-order valence-electron chi connectivity index (χ2n) is 6.67. The second kappa shape index (κ2) is 10.1. The maximum atomic E-state index is 13.0. The molecule has 6 nitrogen and oxygen atoms in total. The van der Waals surface area contributed by atoms with Crippen LogP contribution in [-0.4, -0.2) is 11.9 Å². The van der Waals surface area contributed by atoms with Gasteiger partial charge < -0.3 is 21.1 Å². The molecule has 0 aliphatic heterocycles. The van der Waals surface area contributed by atoms with E-state index in [1.165, 1.54) is 12.1 Å². The van der Waals surface area contributed by atoms with Gasteiger partial charge in [0.25, 0.3) is 0 Å². The third-order valence-electron chi connectivity index (χ3n) is 4.34. The van der Waals surface area contributed by atoms with Gasteiger partial charge in [0.15, 0.2) is 0 Å². The molecule has 3 aromatic carbocycles. The zero-order chi connectivity index (χ0) is 21.3. The molecule has 0 aliphatic carbocycles. The molecule has 3 rings (SSSR count). The summed E-state index contributed by atoms with van der Waals surface area (Å²) in [7, 11) is 0. The molecule has 0 aliphatic rings. The third-order valence-corrected chi connectivity index (χ3v) is 4.34. The second-order valence-corrected chi connectivity index (χ2v) is 6.67. The van der Waals surface area contributed by atoms with Crippen molar-refractivity contribution in [2.45, 2.75) is 19.1 Å². The Morgan fingerprint density at radius 1 is 0.967 bits per heavy atom. The molecule has 1 unspecified atom stereocenters. The number of anilines is 1. The smallest absolute Gasteiger partial charge is 0.312 e. The van der Waals surface area contributed by atoms with Crippen LogP contribution in [-0.2, 0) is 11.4 Å². The summed E-state index contributed by atoms with van der Waals surface area (Å²) < 4.78 is 18.7. The summed E-state index contributed by atoms with van der Waals surface area (Å²) in [6, 6.07) is 20.9. The summed E-state index contributed by atoms with van der Waals surface area (Å²) in [6.07, 6.45) is 0.0214. The molecule has 3 aromatic rings. The highest BCUT2D eigenvalue weighted by Gasteiger charge is 2.17. The fourth-order valence-electron chi connectivity index (χ4n) is 2.92. The van der Waals surface area contributed by atoms with E-state index in [4.69, 9.17) is 10.5 Å². The lowest BCUT2D eigenvalue weighted by Gasteiger charge is -2.18. The molecule has 0 fully saturated rings. The predicted octanol–water partition coefficient (Wildman–Crippen LogP) is 4.14. The van der Waals surface area contributed by atoms with Gasteiger partial charge >= 0.3 is 6.03 Å². The molecular formula is C23H22FN3O3. The first-order chi connectivity index (χ1) is 14.5. The van der Waals surface area contributed by atoms with Crippen molar-refractivity contribution in [2.75, 3.05) is 5.32 Å². The first-order valence-electron chi connectivity index (χ1n) is 9.37. The van der Waals surface area contributed by atoms with Crippen LogP contribution in [0.4, 0.5) is 14.9 Å². The number of rotatable bonds is 8. The van der Waals surface area contributed by atoms with E-state index < -0.39 is 12.1 Å². The molecule has 0 saturated heterocycles. The Morgan fingerprint density at radius 3 is 2.40 bits per heavy atom. The number of nitrogens with one attached hydrogen (secondary N) is 2. The number of amides is 3. The van der Waals surface area contributed by atoms with Gasteiger partial charge in [0, 0.05) is 11.8 Å². The maximum Gasteiger partial charge on any atom is 0.312 e. The molecule has 0 bridgehead atoms. The van der Waals surface area contributed by atoms with Crippen molar-refractivity contribution < 1.29 is 18.7 Å². The Morgan fingerprint density at radius 2 is 1.70 bits per heavy atom. The molecule has 0 spiro atoms. The van der Waals surface area contributed by atoms with Crippen LogP contribution in [0.5, 0.6) is 5.75 Å². The van der Waals surface area contributed by atoms with Gasteiger partial charge in [-0.15, -0.1) is 0 Å². The summed E-state index contributed by atoms with van der Waals surface area (Å²) >= 11 is 0. The van der Waals surface area contributed by atoms with Crippen molar-refractivity contribution in [2.24, 2.45) is 5.73 Å². The van der Waals surface area contributed by atoms with E-state index in [1.54, 1.807) is 36.4 Å². The fraction of sp³-hybridized carbons (Fsp3) is 0.130. The van der Waals surface area contributed by atoms with E-state index in [1.807, 2.05) is 30.3 Å². The van der Waals surface area contributed by atoms with Crippen molar-refractivity contribution in [3.63, 3.8) is 0 Å². The van der Waals surface area contributed by atoms with E-state index in [0.29, 0.717) is 11.4 Å². The first kappa shape index (κ1) is 20.9. The van der Waals surface area contributed by atoms with Crippen LogP contribution in [0.25, 0.3) is 0 Å². The largest absolute Gasteiger partial charge is 0.489 e. The van der Waals surface area contributed by atoms with Crippen LogP contribution in [0, 0.1) is 5.82 Å². The van der Waals surface area contributed by atoms with Gasteiger partial charge in [-0.05, 0) is 35.4 Å². The molecule has 154 valence electrons. The summed E-state index contributed by atoms with van der Waals surface area (Å²) in [5, 5.41) is 5.39. The minimum Gasteiger partial charge on any atom is -0.489 e. The van der Waals surface area contributed by atoms with Crippen LogP contribution in [0.15, 0.2) is 78.9 Å². The van der Waals surface area contributed by atoms with Crippen molar-refractivity contribution in [1.82, 2.24) is 5.32 Å². The highest BCUT2D eigenvalue weighted by molar-refractivity contribution is 5.91. The van der Waals surface area contributed by atoms with Crippen molar-refractivity contribution in [3.8, 4) is 5.75 Å². The number of halogens is 1. The van der Waals surface area contributed by atoms with Crippen LogP contribution < -0.4 is 21.1 Å². The standard InChI is InChI=1S/C23H22FN3O3/c24-18-11-9-16(10-12-18)15-30-20-8-4-7-19(13-20)26-22(28)14-21(27-23(25)29)17-5-2-1-3-6-17/h1-13,21H,14-15H2,(H,26,28)(H3,25,27,29). The normalized spacial score (nSPS) is 11.4. The van der Waals surface area contributed by atoms with Gasteiger partial charge in [-0.3, -0.25) is 4.79 Å². The van der Waals surface area contributed by atoms with E-state index in [9.17, 15) is 14.0 Å². The van der Waals surface area contributed by atoms with Gasteiger partial charge in [-0.1, -0.05) is 48.5 Å². The van der Waals surface area contributed by atoms with Gasteiger partial charge in [0.2, 0.25) is 5.91 Å². The van der Waals surface area contributed by atoms with Gasteiger partial charge in [0.05, 0.1) is 12.5 Å². The molecule has 0 heterocycles. The number of ether oxygens (including phenoxy) is 1. The van der Waals surface area contributed by atoms with Gasteiger partial charge in [-0.2, -0.15) is 0 Å². The Hall–Kier alpha value is -3.87. The summed E-state index contributed by atoms with van der Waals surface area (Å²) in [5.41, 5.74) is 7.42. The molecule has 0 aromatic heterocycles. The minimum absolute atomic E-state index is 0.0214. The monoisotopic (exact) mass is 407 g/mol. The molecule has 1 atom stereocenters. The summed E-state index contributed by atoms with van der Waals surface area (Å²) in [4.78, 5) is 23.8. The molecule has 3 amide bonds. The number of carbonyl (C=O) groups is 2. The summed E-state index contributed by atoms with van der Waals surface area (Å²) in [6.45, 7) is 0.274. The molecule has 30 heavy (non-hydrogen) atoms. The van der Waals surface area contributed by atoms with E-state index >= 15 is 0 Å². The lowest BCUT2D eigenvalue weighted by atomic mass is 10.0. The first-order valence-corrected chi connectivity index (χ1v) is 9.37.